The molecule has 0 bridgehead atoms. The Bertz CT molecular complexity index is 866. The first kappa shape index (κ1) is 21.0. The fourth-order valence-electron chi connectivity index (χ4n) is 3.75. The third kappa shape index (κ3) is 5.64. The molecular formula is C26H32N2O. The van der Waals surface area contributed by atoms with Gasteiger partial charge in [0.15, 0.2) is 0 Å². The summed E-state index contributed by atoms with van der Waals surface area (Å²) in [7, 11) is 0. The number of fused-ring (bicyclic) bond motifs is 1. The number of nitrogens with zero attached hydrogens (tertiary/aromatic N) is 1. The van der Waals surface area contributed by atoms with Gasteiger partial charge in [-0.15, -0.1) is 0 Å². The lowest BCUT2D eigenvalue weighted by Gasteiger charge is -2.27. The number of nitrogens with one attached hydrogen (secondary N) is 1. The summed E-state index contributed by atoms with van der Waals surface area (Å²) < 4.78 is 0. The molecule has 3 heteroatoms. The average molecular weight is 389 g/mol. The highest BCUT2D eigenvalue weighted by Gasteiger charge is 2.25. The molecule has 0 saturated heterocycles. The number of para-hydroxylation sites is 1. The van der Waals surface area contributed by atoms with Crippen LogP contribution in [0.15, 0.2) is 60.0 Å². The van der Waals surface area contributed by atoms with Crippen LogP contribution in [-0.2, 0) is 4.79 Å². The molecule has 3 rings (SSSR count). The van der Waals surface area contributed by atoms with Crippen LogP contribution in [0.1, 0.15) is 70.3 Å². The SMILES string of the molecule is C=C(CCC(=O)N1C2=C(C#Cc3ccccc31)CCC=C2)NCCCCCCC. The van der Waals surface area contributed by atoms with Crippen molar-refractivity contribution in [2.45, 2.75) is 64.7 Å². The predicted octanol–water partition coefficient (Wildman–Crippen LogP) is 5.84. The molecule has 2 aliphatic rings. The summed E-state index contributed by atoms with van der Waals surface area (Å²) in [5.74, 6) is 6.64. The lowest BCUT2D eigenvalue weighted by molar-refractivity contribution is -0.118. The van der Waals surface area contributed by atoms with Crippen molar-refractivity contribution in [3.8, 4) is 11.8 Å². The van der Waals surface area contributed by atoms with Gasteiger partial charge in [-0.05, 0) is 43.9 Å². The molecule has 0 spiro atoms. The van der Waals surface area contributed by atoms with Gasteiger partial charge in [0.25, 0.3) is 0 Å². The van der Waals surface area contributed by atoms with E-state index in [0.717, 1.165) is 54.0 Å². The third-order valence-corrected chi connectivity index (χ3v) is 5.43. The Hall–Kier alpha value is -2.73. The Morgan fingerprint density at radius 2 is 1.97 bits per heavy atom. The van der Waals surface area contributed by atoms with Gasteiger partial charge in [-0.25, -0.2) is 0 Å². The maximum absolute atomic E-state index is 13.3. The lowest BCUT2D eigenvalue weighted by Crippen LogP contribution is -2.31. The Balaban J connectivity index is 1.60. The normalized spacial score (nSPS) is 14.4. The Morgan fingerprint density at radius 3 is 2.83 bits per heavy atom. The van der Waals surface area contributed by atoms with Crippen molar-refractivity contribution in [2.75, 3.05) is 11.4 Å². The van der Waals surface area contributed by atoms with E-state index in [4.69, 9.17) is 0 Å². The summed E-state index contributed by atoms with van der Waals surface area (Å²) in [6.07, 6.45) is 13.4. The van der Waals surface area contributed by atoms with Gasteiger partial charge in [-0.3, -0.25) is 9.69 Å². The van der Waals surface area contributed by atoms with Crippen LogP contribution in [0.2, 0.25) is 0 Å². The molecule has 0 radical (unpaired) electrons. The zero-order valence-electron chi connectivity index (χ0n) is 17.6. The van der Waals surface area contributed by atoms with Gasteiger partial charge >= 0.3 is 0 Å². The summed E-state index contributed by atoms with van der Waals surface area (Å²) in [6, 6.07) is 7.92. The highest BCUT2D eigenvalue weighted by Crippen LogP contribution is 2.32. The van der Waals surface area contributed by atoms with Gasteiger partial charge in [0.2, 0.25) is 5.91 Å². The maximum Gasteiger partial charge on any atom is 0.231 e. The number of benzene rings is 1. The van der Waals surface area contributed by atoms with Crippen LogP contribution in [0, 0.1) is 11.8 Å². The van der Waals surface area contributed by atoms with Gasteiger partial charge in [0.05, 0.1) is 11.4 Å². The smallest absolute Gasteiger partial charge is 0.231 e. The minimum atomic E-state index is 0.0906. The summed E-state index contributed by atoms with van der Waals surface area (Å²) in [6.45, 7) is 7.29. The molecule has 1 N–H and O–H groups in total. The Morgan fingerprint density at radius 1 is 1.14 bits per heavy atom. The average Bonchev–Trinajstić information content (AvgIpc) is 2.91. The molecule has 1 aromatic rings. The molecular weight excluding hydrogens is 356 g/mol. The highest BCUT2D eigenvalue weighted by molar-refractivity contribution is 5.99. The van der Waals surface area contributed by atoms with Crippen LogP contribution in [0.4, 0.5) is 5.69 Å². The van der Waals surface area contributed by atoms with Crippen LogP contribution < -0.4 is 10.2 Å². The number of anilines is 1. The molecule has 3 nitrogen and oxygen atoms in total. The van der Waals surface area contributed by atoms with Gasteiger partial charge in [0.1, 0.15) is 0 Å². The van der Waals surface area contributed by atoms with E-state index in [9.17, 15) is 4.79 Å². The van der Waals surface area contributed by atoms with Crippen molar-refractivity contribution >= 4 is 11.6 Å². The number of carbonyl (C=O) groups is 1. The Kier molecular flexibility index (Phi) is 7.76. The Labute approximate surface area is 175 Å². The van der Waals surface area contributed by atoms with Gasteiger partial charge in [-0.1, -0.05) is 69.2 Å². The minimum Gasteiger partial charge on any atom is -0.389 e. The minimum absolute atomic E-state index is 0.0906. The lowest BCUT2D eigenvalue weighted by atomic mass is 10.0. The van der Waals surface area contributed by atoms with E-state index in [1.165, 1.54) is 25.7 Å². The van der Waals surface area contributed by atoms with Crippen LogP contribution in [0.5, 0.6) is 0 Å². The van der Waals surface area contributed by atoms with E-state index in [2.05, 4.69) is 42.8 Å². The molecule has 1 heterocycles. The second-order valence-corrected chi connectivity index (χ2v) is 7.75. The predicted molar refractivity (Wildman–Crippen MR) is 121 cm³/mol. The van der Waals surface area contributed by atoms with E-state index in [1.54, 1.807) is 0 Å². The largest absolute Gasteiger partial charge is 0.389 e. The third-order valence-electron chi connectivity index (χ3n) is 5.43. The molecule has 0 atom stereocenters. The number of carbonyl (C=O) groups excluding carboxylic acids is 1. The van der Waals surface area contributed by atoms with Gasteiger partial charge < -0.3 is 5.32 Å². The van der Waals surface area contributed by atoms with Crippen LogP contribution >= 0.6 is 0 Å². The van der Waals surface area contributed by atoms with Crippen molar-refractivity contribution in [1.29, 1.82) is 0 Å². The van der Waals surface area contributed by atoms with Crippen molar-refractivity contribution in [3.05, 3.63) is 65.5 Å². The first-order valence-electron chi connectivity index (χ1n) is 11.0. The topological polar surface area (TPSA) is 32.3 Å². The van der Waals surface area contributed by atoms with Crippen LogP contribution in [0.25, 0.3) is 0 Å². The van der Waals surface area contributed by atoms with E-state index < -0.39 is 0 Å². The number of rotatable bonds is 10. The van der Waals surface area contributed by atoms with Crippen molar-refractivity contribution in [3.63, 3.8) is 0 Å². The molecule has 1 aliphatic heterocycles. The highest BCUT2D eigenvalue weighted by atomic mass is 16.2. The van der Waals surface area contributed by atoms with E-state index in [0.29, 0.717) is 12.8 Å². The van der Waals surface area contributed by atoms with E-state index in [1.807, 2.05) is 29.2 Å². The molecule has 0 unspecified atom stereocenters. The second kappa shape index (κ2) is 10.7. The standard InChI is InChI=1S/C26H32N2O/c1-3-4-5-6-11-20-27-21(2)16-19-26(29)28-24-14-9-7-12-22(24)17-18-23-13-8-10-15-25(23)28/h7,9-10,12,14-15,27H,2-6,8,11,13,16,19-20H2,1H3. The number of hydrogen-bond acceptors (Lipinski definition) is 2. The number of allylic oxidation sites excluding steroid dienone is 4. The molecule has 1 aliphatic carbocycles. The molecule has 1 aromatic carbocycles. The van der Waals surface area contributed by atoms with E-state index in [-0.39, 0.29) is 5.91 Å². The van der Waals surface area contributed by atoms with Gasteiger partial charge in [0, 0.05) is 29.8 Å². The van der Waals surface area contributed by atoms with Crippen molar-refractivity contribution < 1.29 is 4.79 Å². The maximum atomic E-state index is 13.3. The van der Waals surface area contributed by atoms with Crippen molar-refractivity contribution in [2.24, 2.45) is 0 Å². The molecule has 0 saturated carbocycles. The molecule has 1 amide bonds. The molecule has 0 fully saturated rings. The summed E-state index contributed by atoms with van der Waals surface area (Å²) in [5, 5.41) is 3.39. The summed E-state index contributed by atoms with van der Waals surface area (Å²) >= 11 is 0. The fraction of sp³-hybridized carbons (Fsp3) is 0.423. The zero-order chi connectivity index (χ0) is 20.5. The quantitative estimate of drug-likeness (QED) is 0.403. The first-order chi connectivity index (χ1) is 14.2. The molecule has 152 valence electrons. The molecule has 0 aromatic heterocycles. The van der Waals surface area contributed by atoms with Crippen LogP contribution in [-0.4, -0.2) is 12.5 Å². The number of amides is 1. The fourth-order valence-corrected chi connectivity index (χ4v) is 3.75. The first-order valence-corrected chi connectivity index (χ1v) is 11.0. The summed E-state index contributed by atoms with van der Waals surface area (Å²) in [5.41, 5.74) is 4.74. The van der Waals surface area contributed by atoms with Crippen molar-refractivity contribution in [1.82, 2.24) is 5.32 Å². The van der Waals surface area contributed by atoms with Gasteiger partial charge in [-0.2, -0.15) is 0 Å². The van der Waals surface area contributed by atoms with E-state index >= 15 is 0 Å². The zero-order valence-corrected chi connectivity index (χ0v) is 17.6. The number of hydrogen-bond donors (Lipinski definition) is 1. The van der Waals surface area contributed by atoms with Crippen LogP contribution in [0.3, 0.4) is 0 Å². The molecule has 29 heavy (non-hydrogen) atoms. The monoisotopic (exact) mass is 388 g/mol. The second-order valence-electron chi connectivity index (χ2n) is 7.75. The summed E-state index contributed by atoms with van der Waals surface area (Å²) in [4.78, 5) is 15.1. The number of unbranched alkanes of at least 4 members (excludes halogenated alkanes) is 4.